The van der Waals surface area contributed by atoms with Gasteiger partial charge in [0.25, 0.3) is 0 Å². The summed E-state index contributed by atoms with van der Waals surface area (Å²) in [5.41, 5.74) is 2.04. The van der Waals surface area contributed by atoms with E-state index in [1.165, 1.54) is 12.1 Å². The lowest BCUT2D eigenvalue weighted by atomic mass is 10.0. The van der Waals surface area contributed by atoms with Gasteiger partial charge in [0.15, 0.2) is 0 Å². The number of hydrogen-bond donors (Lipinski definition) is 0. The molecule has 2 rings (SSSR count). The molecule has 0 aliphatic heterocycles. The number of hydrogen-bond acceptors (Lipinski definition) is 1. The van der Waals surface area contributed by atoms with Crippen LogP contribution in [-0.4, -0.2) is 0 Å². The zero-order chi connectivity index (χ0) is 11.5. The molecule has 16 heavy (non-hydrogen) atoms. The third kappa shape index (κ3) is 1.91. The predicted molar refractivity (Wildman–Crippen MR) is 61.6 cm³/mol. The molecule has 0 atom stereocenters. The largest absolute Gasteiger partial charge is 0.205 e. The van der Waals surface area contributed by atoms with Crippen molar-refractivity contribution in [3.8, 4) is 17.2 Å². The van der Waals surface area contributed by atoms with Gasteiger partial charge in [-0.2, -0.15) is 5.26 Å². The smallest absolute Gasteiger partial charge is 0.141 e. The topological polar surface area (TPSA) is 23.8 Å². The van der Waals surface area contributed by atoms with Crippen LogP contribution in [-0.2, 0) is 0 Å². The Morgan fingerprint density at radius 2 is 1.88 bits per heavy atom. The van der Waals surface area contributed by atoms with Crippen molar-refractivity contribution in [3.63, 3.8) is 0 Å². The van der Waals surface area contributed by atoms with Gasteiger partial charge >= 0.3 is 0 Å². The van der Waals surface area contributed by atoms with Gasteiger partial charge in [0.05, 0.1) is 16.7 Å². The molecule has 0 saturated heterocycles. The Bertz CT molecular complexity index is 572. The summed E-state index contributed by atoms with van der Waals surface area (Å²) in [7, 11) is 0. The van der Waals surface area contributed by atoms with Crippen LogP contribution < -0.4 is 0 Å². The van der Waals surface area contributed by atoms with Gasteiger partial charge in [-0.3, -0.25) is 0 Å². The molecular weight excluding hydrogens is 225 g/mol. The molecule has 0 aromatic heterocycles. The van der Waals surface area contributed by atoms with Crippen molar-refractivity contribution in [1.82, 2.24) is 0 Å². The van der Waals surface area contributed by atoms with Crippen LogP contribution in [0.4, 0.5) is 4.39 Å². The lowest BCUT2D eigenvalue weighted by Crippen LogP contribution is -1.85. The van der Waals surface area contributed by atoms with E-state index in [-0.39, 0.29) is 5.02 Å². The van der Waals surface area contributed by atoms with E-state index in [1.807, 2.05) is 12.1 Å². The molecule has 1 nitrogen and oxygen atoms in total. The minimum absolute atomic E-state index is 0.0604. The molecule has 0 fully saturated rings. The van der Waals surface area contributed by atoms with E-state index < -0.39 is 5.82 Å². The van der Waals surface area contributed by atoms with Gasteiger partial charge < -0.3 is 0 Å². The molecule has 0 aliphatic carbocycles. The van der Waals surface area contributed by atoms with E-state index in [0.29, 0.717) is 5.56 Å². The number of nitrogens with zero attached hydrogens (tertiary/aromatic N) is 1. The van der Waals surface area contributed by atoms with E-state index in [9.17, 15) is 4.39 Å². The van der Waals surface area contributed by atoms with Gasteiger partial charge in [-0.15, -0.1) is 0 Å². The summed E-state index contributed by atoms with van der Waals surface area (Å²) in [6.07, 6.45) is 0. The SMILES string of the molecule is N#Cc1ccccc1-c1ccc(F)c(Cl)c1. The highest BCUT2D eigenvalue weighted by atomic mass is 35.5. The summed E-state index contributed by atoms with van der Waals surface area (Å²) in [5.74, 6) is -0.458. The second-order valence-corrected chi connectivity index (χ2v) is 3.69. The Balaban J connectivity index is 2.60. The Labute approximate surface area is 97.7 Å². The predicted octanol–water partition coefficient (Wildman–Crippen LogP) is 4.02. The highest BCUT2D eigenvalue weighted by molar-refractivity contribution is 6.31. The average molecular weight is 232 g/mol. The monoisotopic (exact) mass is 231 g/mol. The van der Waals surface area contributed by atoms with Crippen LogP contribution in [0.1, 0.15) is 5.56 Å². The summed E-state index contributed by atoms with van der Waals surface area (Å²) in [6, 6.07) is 13.7. The minimum Gasteiger partial charge on any atom is -0.205 e. The quantitative estimate of drug-likeness (QED) is 0.727. The van der Waals surface area contributed by atoms with Crippen molar-refractivity contribution in [2.75, 3.05) is 0 Å². The van der Waals surface area contributed by atoms with E-state index in [1.54, 1.807) is 18.2 Å². The molecule has 78 valence electrons. The summed E-state index contributed by atoms with van der Waals surface area (Å²) < 4.78 is 13.0. The third-order valence-corrected chi connectivity index (χ3v) is 2.57. The highest BCUT2D eigenvalue weighted by Gasteiger charge is 2.06. The van der Waals surface area contributed by atoms with E-state index in [0.717, 1.165) is 11.1 Å². The van der Waals surface area contributed by atoms with Crippen LogP contribution in [0.2, 0.25) is 5.02 Å². The van der Waals surface area contributed by atoms with Crippen molar-refractivity contribution < 1.29 is 4.39 Å². The summed E-state index contributed by atoms with van der Waals surface area (Å²) in [6.45, 7) is 0. The second-order valence-electron chi connectivity index (χ2n) is 3.29. The van der Waals surface area contributed by atoms with Gasteiger partial charge in [0.1, 0.15) is 5.82 Å². The lowest BCUT2D eigenvalue weighted by molar-refractivity contribution is 0.628. The number of benzene rings is 2. The van der Waals surface area contributed by atoms with Crippen molar-refractivity contribution in [2.24, 2.45) is 0 Å². The van der Waals surface area contributed by atoms with Crippen LogP contribution in [0.3, 0.4) is 0 Å². The van der Waals surface area contributed by atoms with Crippen molar-refractivity contribution in [2.45, 2.75) is 0 Å². The maximum absolute atomic E-state index is 13.0. The minimum atomic E-state index is -0.458. The fraction of sp³-hybridized carbons (Fsp3) is 0. The van der Waals surface area contributed by atoms with E-state index >= 15 is 0 Å². The molecule has 0 radical (unpaired) electrons. The van der Waals surface area contributed by atoms with Gasteiger partial charge in [-0.25, -0.2) is 4.39 Å². The summed E-state index contributed by atoms with van der Waals surface area (Å²) in [5, 5.41) is 9.01. The molecule has 0 bridgehead atoms. The zero-order valence-electron chi connectivity index (χ0n) is 8.24. The van der Waals surface area contributed by atoms with Crippen molar-refractivity contribution in [1.29, 1.82) is 5.26 Å². The summed E-state index contributed by atoms with van der Waals surface area (Å²) in [4.78, 5) is 0. The van der Waals surface area contributed by atoms with Crippen molar-refractivity contribution in [3.05, 3.63) is 58.9 Å². The fourth-order valence-electron chi connectivity index (χ4n) is 1.50. The molecule has 2 aromatic rings. The first-order valence-electron chi connectivity index (χ1n) is 4.67. The normalized spacial score (nSPS) is 9.81. The molecule has 0 spiro atoms. The van der Waals surface area contributed by atoms with Gasteiger partial charge in [-0.05, 0) is 29.3 Å². The summed E-state index contributed by atoms with van der Waals surface area (Å²) >= 11 is 5.70. The van der Waals surface area contributed by atoms with Crippen LogP contribution in [0.25, 0.3) is 11.1 Å². The Morgan fingerprint density at radius 3 is 2.56 bits per heavy atom. The van der Waals surface area contributed by atoms with Crippen LogP contribution >= 0.6 is 11.6 Å². The number of halogens is 2. The standard InChI is InChI=1S/C13H7ClFN/c14-12-7-9(5-6-13(12)15)11-4-2-1-3-10(11)8-16/h1-7H. The number of nitriles is 1. The van der Waals surface area contributed by atoms with Crippen LogP contribution in [0.5, 0.6) is 0 Å². The maximum atomic E-state index is 13.0. The molecule has 0 amide bonds. The Morgan fingerprint density at radius 1 is 1.12 bits per heavy atom. The molecule has 0 heterocycles. The first-order valence-corrected chi connectivity index (χ1v) is 5.04. The Kier molecular flexibility index (Phi) is 2.89. The van der Waals surface area contributed by atoms with Crippen LogP contribution in [0.15, 0.2) is 42.5 Å². The van der Waals surface area contributed by atoms with E-state index in [2.05, 4.69) is 6.07 Å². The molecule has 3 heteroatoms. The Hall–Kier alpha value is -1.85. The molecule has 0 N–H and O–H groups in total. The van der Waals surface area contributed by atoms with Gasteiger partial charge in [0, 0.05) is 0 Å². The molecule has 0 aliphatic rings. The first kappa shape index (κ1) is 10.7. The van der Waals surface area contributed by atoms with E-state index in [4.69, 9.17) is 16.9 Å². The first-order chi connectivity index (χ1) is 7.72. The molecule has 0 saturated carbocycles. The molecular formula is C13H7ClFN. The number of rotatable bonds is 1. The van der Waals surface area contributed by atoms with Gasteiger partial charge in [0.2, 0.25) is 0 Å². The molecule has 0 unspecified atom stereocenters. The fourth-order valence-corrected chi connectivity index (χ4v) is 1.68. The maximum Gasteiger partial charge on any atom is 0.141 e. The molecule has 2 aromatic carbocycles. The highest BCUT2D eigenvalue weighted by Crippen LogP contribution is 2.27. The second kappa shape index (κ2) is 4.34. The van der Waals surface area contributed by atoms with Gasteiger partial charge in [-0.1, -0.05) is 35.9 Å². The zero-order valence-corrected chi connectivity index (χ0v) is 9.00. The third-order valence-electron chi connectivity index (χ3n) is 2.28. The average Bonchev–Trinajstić information content (AvgIpc) is 2.32. The lowest BCUT2D eigenvalue weighted by Gasteiger charge is -2.04. The van der Waals surface area contributed by atoms with Crippen molar-refractivity contribution >= 4 is 11.6 Å². The van der Waals surface area contributed by atoms with Crippen LogP contribution in [0, 0.1) is 17.1 Å².